The highest BCUT2D eigenvalue weighted by Gasteiger charge is 2.27. The predicted molar refractivity (Wildman–Crippen MR) is 79.0 cm³/mol. The number of hydrogen-bond donors (Lipinski definition) is 1. The van der Waals surface area contributed by atoms with E-state index in [0.29, 0.717) is 23.7 Å². The molecule has 0 fully saturated rings. The lowest BCUT2D eigenvalue weighted by atomic mass is 9.84. The highest BCUT2D eigenvalue weighted by atomic mass is 35.5. The van der Waals surface area contributed by atoms with Crippen LogP contribution in [0.3, 0.4) is 0 Å². The number of alkyl halides is 1. The summed E-state index contributed by atoms with van der Waals surface area (Å²) < 4.78 is 5.49. The molecule has 0 aliphatic rings. The number of amides is 1. The Kier molecular flexibility index (Phi) is 5.48. The summed E-state index contributed by atoms with van der Waals surface area (Å²) in [6.45, 7) is 10.4. The minimum absolute atomic E-state index is 0.0161. The number of furan rings is 1. The van der Waals surface area contributed by atoms with Gasteiger partial charge in [-0.1, -0.05) is 13.8 Å². The van der Waals surface area contributed by atoms with Crippen molar-refractivity contribution in [1.29, 1.82) is 0 Å². The van der Waals surface area contributed by atoms with Gasteiger partial charge >= 0.3 is 0 Å². The zero-order valence-corrected chi connectivity index (χ0v) is 13.3. The molecule has 3 nitrogen and oxygen atoms in total. The molecule has 108 valence electrons. The minimum Gasteiger partial charge on any atom is -0.466 e. The van der Waals surface area contributed by atoms with Gasteiger partial charge in [0.1, 0.15) is 11.5 Å². The second-order valence-electron chi connectivity index (χ2n) is 5.24. The third kappa shape index (κ3) is 3.33. The van der Waals surface area contributed by atoms with Gasteiger partial charge < -0.3 is 9.73 Å². The summed E-state index contributed by atoms with van der Waals surface area (Å²) in [6.07, 6.45) is 1.91. The number of carbonyl (C=O) groups is 1. The molecule has 4 heteroatoms. The molecule has 1 rings (SSSR count). The minimum atomic E-state index is -0.0664. The van der Waals surface area contributed by atoms with Gasteiger partial charge in [-0.25, -0.2) is 0 Å². The van der Waals surface area contributed by atoms with Crippen LogP contribution in [-0.2, 0) is 0 Å². The van der Waals surface area contributed by atoms with Crippen molar-refractivity contribution >= 4 is 17.5 Å². The van der Waals surface area contributed by atoms with E-state index >= 15 is 0 Å². The largest absolute Gasteiger partial charge is 0.466 e. The van der Waals surface area contributed by atoms with Crippen LogP contribution >= 0.6 is 11.6 Å². The van der Waals surface area contributed by atoms with Crippen LogP contribution in [0.2, 0.25) is 0 Å². The van der Waals surface area contributed by atoms with Gasteiger partial charge in [0.2, 0.25) is 0 Å². The highest BCUT2D eigenvalue weighted by Crippen LogP contribution is 2.27. The Hall–Kier alpha value is -0.960. The number of carbonyl (C=O) groups excluding carboxylic acids is 1. The van der Waals surface area contributed by atoms with Gasteiger partial charge in [-0.2, -0.15) is 0 Å². The van der Waals surface area contributed by atoms with Crippen LogP contribution in [-0.4, -0.2) is 18.3 Å². The molecule has 0 saturated heterocycles. The van der Waals surface area contributed by atoms with Gasteiger partial charge in [-0.05, 0) is 33.6 Å². The molecule has 0 aliphatic carbocycles. The fourth-order valence-electron chi connectivity index (χ4n) is 2.22. The average Bonchev–Trinajstić information content (AvgIpc) is 2.65. The lowest BCUT2D eigenvalue weighted by Crippen LogP contribution is -2.38. The van der Waals surface area contributed by atoms with Crippen LogP contribution in [0.5, 0.6) is 0 Å². The molecule has 1 N–H and O–H groups in total. The van der Waals surface area contributed by atoms with Crippen LogP contribution in [0.25, 0.3) is 0 Å². The van der Waals surface area contributed by atoms with E-state index in [1.165, 1.54) is 0 Å². The number of aryl methyl sites for hydroxylation is 2. The Bertz CT molecular complexity index is 439. The van der Waals surface area contributed by atoms with Crippen molar-refractivity contribution in [2.45, 2.75) is 47.5 Å². The second-order valence-corrected chi connectivity index (χ2v) is 5.51. The summed E-state index contributed by atoms with van der Waals surface area (Å²) in [5.41, 5.74) is 1.56. The highest BCUT2D eigenvalue weighted by molar-refractivity contribution is 6.18. The molecule has 1 aromatic rings. The smallest absolute Gasteiger partial charge is 0.255 e. The summed E-state index contributed by atoms with van der Waals surface area (Å²) in [7, 11) is 0. The van der Waals surface area contributed by atoms with Crippen molar-refractivity contribution in [2.24, 2.45) is 5.41 Å². The maximum atomic E-state index is 12.3. The summed E-state index contributed by atoms with van der Waals surface area (Å²) >= 11 is 6.05. The second kappa shape index (κ2) is 6.47. The Morgan fingerprint density at radius 2 is 1.79 bits per heavy atom. The van der Waals surface area contributed by atoms with E-state index in [1.807, 2.05) is 20.8 Å². The summed E-state index contributed by atoms with van der Waals surface area (Å²) in [5, 5.41) is 3.00. The molecule has 0 radical (unpaired) electrons. The summed E-state index contributed by atoms with van der Waals surface area (Å²) in [5.74, 6) is 1.97. The van der Waals surface area contributed by atoms with Crippen LogP contribution in [0, 0.1) is 26.2 Å². The number of halogens is 1. The van der Waals surface area contributed by atoms with E-state index in [2.05, 4.69) is 19.2 Å². The first-order chi connectivity index (χ1) is 8.90. The zero-order valence-electron chi connectivity index (χ0n) is 12.5. The summed E-state index contributed by atoms with van der Waals surface area (Å²) in [6, 6.07) is 0. The van der Waals surface area contributed by atoms with Crippen LogP contribution in [0.4, 0.5) is 0 Å². The third-order valence-electron chi connectivity index (χ3n) is 4.20. The Labute approximate surface area is 120 Å². The Balaban J connectivity index is 2.81. The standard InChI is InChI=1S/C15H24ClNO2/c1-6-15(7-2,8-16)9-17-14(18)13-10(3)11(4)19-12(13)5/h6-9H2,1-5H3,(H,17,18). The van der Waals surface area contributed by atoms with Crippen LogP contribution in [0.15, 0.2) is 4.42 Å². The van der Waals surface area contributed by atoms with Gasteiger partial charge in [0, 0.05) is 23.4 Å². The molecule has 0 unspecified atom stereocenters. The van der Waals surface area contributed by atoms with Crippen LogP contribution in [0.1, 0.15) is 54.1 Å². The topological polar surface area (TPSA) is 42.2 Å². The molecular formula is C15H24ClNO2. The number of nitrogens with one attached hydrogen (secondary N) is 1. The normalized spacial score (nSPS) is 11.7. The van der Waals surface area contributed by atoms with Crippen molar-refractivity contribution in [3.8, 4) is 0 Å². The molecule has 19 heavy (non-hydrogen) atoms. The van der Waals surface area contributed by atoms with Crippen LogP contribution < -0.4 is 5.32 Å². The maximum Gasteiger partial charge on any atom is 0.255 e. The van der Waals surface area contributed by atoms with Crippen molar-refractivity contribution in [1.82, 2.24) is 5.32 Å². The van der Waals surface area contributed by atoms with E-state index < -0.39 is 0 Å². The van der Waals surface area contributed by atoms with E-state index in [1.54, 1.807) is 0 Å². The lowest BCUT2D eigenvalue weighted by Gasteiger charge is -2.29. The fourth-order valence-corrected chi connectivity index (χ4v) is 2.69. The first kappa shape index (κ1) is 16.1. The van der Waals surface area contributed by atoms with Crippen molar-refractivity contribution in [3.63, 3.8) is 0 Å². The molecule has 0 aromatic carbocycles. The fraction of sp³-hybridized carbons (Fsp3) is 0.667. The molecule has 0 spiro atoms. The molecule has 1 amide bonds. The number of hydrogen-bond acceptors (Lipinski definition) is 2. The molecular weight excluding hydrogens is 262 g/mol. The van der Waals surface area contributed by atoms with E-state index in [-0.39, 0.29) is 11.3 Å². The van der Waals surface area contributed by atoms with Crippen molar-refractivity contribution < 1.29 is 9.21 Å². The van der Waals surface area contributed by atoms with Gasteiger partial charge in [-0.15, -0.1) is 11.6 Å². The van der Waals surface area contributed by atoms with Crippen molar-refractivity contribution in [2.75, 3.05) is 12.4 Å². The van der Waals surface area contributed by atoms with E-state index in [0.717, 1.165) is 24.2 Å². The van der Waals surface area contributed by atoms with Gasteiger partial charge in [0.05, 0.1) is 5.56 Å². The molecule has 0 atom stereocenters. The van der Waals surface area contributed by atoms with Crippen molar-refractivity contribution in [3.05, 3.63) is 22.6 Å². The zero-order chi connectivity index (χ0) is 14.6. The average molecular weight is 286 g/mol. The number of rotatable bonds is 6. The summed E-state index contributed by atoms with van der Waals surface area (Å²) in [4.78, 5) is 12.3. The quantitative estimate of drug-likeness (QED) is 0.803. The Morgan fingerprint density at radius 1 is 1.21 bits per heavy atom. The Morgan fingerprint density at radius 3 is 2.16 bits per heavy atom. The monoisotopic (exact) mass is 285 g/mol. The molecule has 0 bridgehead atoms. The molecule has 1 aromatic heterocycles. The van der Waals surface area contributed by atoms with E-state index in [9.17, 15) is 4.79 Å². The maximum absolute atomic E-state index is 12.3. The first-order valence-corrected chi connectivity index (χ1v) is 7.35. The molecule has 0 saturated carbocycles. The van der Waals surface area contributed by atoms with Gasteiger partial charge in [0.15, 0.2) is 0 Å². The van der Waals surface area contributed by atoms with Gasteiger partial charge in [-0.3, -0.25) is 4.79 Å². The lowest BCUT2D eigenvalue weighted by molar-refractivity contribution is 0.0929. The third-order valence-corrected chi connectivity index (χ3v) is 4.76. The molecule has 1 heterocycles. The predicted octanol–water partition coefficient (Wildman–Crippen LogP) is 3.98. The van der Waals surface area contributed by atoms with E-state index in [4.69, 9.17) is 16.0 Å². The SMILES string of the molecule is CCC(CC)(CCl)CNC(=O)c1c(C)oc(C)c1C. The van der Waals surface area contributed by atoms with Gasteiger partial charge in [0.25, 0.3) is 5.91 Å². The first-order valence-electron chi connectivity index (χ1n) is 6.81. The molecule has 0 aliphatic heterocycles.